The van der Waals surface area contributed by atoms with Crippen LogP contribution in [0.25, 0.3) is 10.9 Å². The van der Waals surface area contributed by atoms with Crippen LogP contribution in [0.5, 0.6) is 0 Å². The normalized spacial score (nSPS) is 13.3. The number of para-hydroxylation sites is 1. The Morgan fingerprint density at radius 3 is 2.73 bits per heavy atom. The van der Waals surface area contributed by atoms with E-state index in [0.717, 1.165) is 16.5 Å². The molecule has 0 spiro atoms. The molecule has 22 heavy (non-hydrogen) atoms. The van der Waals surface area contributed by atoms with Crippen LogP contribution in [-0.2, 0) is 11.2 Å². The summed E-state index contributed by atoms with van der Waals surface area (Å²) in [5.41, 5.74) is 3.20. The Balaban J connectivity index is 2.12. The van der Waals surface area contributed by atoms with Gasteiger partial charge < -0.3 is 15.4 Å². The number of aromatic amines is 1. The zero-order chi connectivity index (χ0) is 16.3. The van der Waals surface area contributed by atoms with Crippen LogP contribution in [0.3, 0.4) is 0 Å². The molecule has 0 bridgehead atoms. The predicted molar refractivity (Wildman–Crippen MR) is 89.8 cm³/mol. The summed E-state index contributed by atoms with van der Waals surface area (Å²) in [5, 5.41) is 13.3. The van der Waals surface area contributed by atoms with Gasteiger partial charge in [-0.1, -0.05) is 39.0 Å². The summed E-state index contributed by atoms with van der Waals surface area (Å²) in [7, 11) is 0. The Hall–Kier alpha value is -1.81. The van der Waals surface area contributed by atoms with Gasteiger partial charge in [0, 0.05) is 29.7 Å². The number of carbonyl (C=O) groups is 1. The number of rotatable bonds is 5. The molecule has 1 atom stereocenters. The largest absolute Gasteiger partial charge is 0.396 e. The minimum atomic E-state index is -0.0742. The Morgan fingerprint density at radius 2 is 2.09 bits per heavy atom. The number of benzene rings is 1. The Kier molecular flexibility index (Phi) is 4.91. The van der Waals surface area contributed by atoms with Gasteiger partial charge in [0.15, 0.2) is 0 Å². The number of H-pyrrole nitrogens is 1. The molecular weight excluding hydrogens is 276 g/mol. The molecule has 0 saturated heterocycles. The highest BCUT2D eigenvalue weighted by Gasteiger charge is 2.25. The standard InChI is InChI=1S/C18H26N2O2/c1-12-6-5-7-14-13(11-19-17(12)14)10-16(22)20-15(8-9-21)18(2,3)4/h5-7,11,15,19,21H,8-10H2,1-4H3,(H,20,22). The summed E-state index contributed by atoms with van der Waals surface area (Å²) < 4.78 is 0. The zero-order valence-electron chi connectivity index (χ0n) is 13.9. The topological polar surface area (TPSA) is 65.1 Å². The van der Waals surface area contributed by atoms with Crippen molar-refractivity contribution in [3.05, 3.63) is 35.5 Å². The fraction of sp³-hybridized carbons (Fsp3) is 0.500. The SMILES string of the molecule is Cc1cccc2c(CC(=O)NC(CCO)C(C)(C)C)c[nH]c12. The van der Waals surface area contributed by atoms with E-state index in [4.69, 9.17) is 0 Å². The van der Waals surface area contributed by atoms with E-state index in [1.807, 2.05) is 18.3 Å². The number of fused-ring (bicyclic) bond motifs is 1. The van der Waals surface area contributed by atoms with Crippen LogP contribution in [0, 0.1) is 12.3 Å². The summed E-state index contributed by atoms with van der Waals surface area (Å²) in [5.74, 6) is -0.00391. The highest BCUT2D eigenvalue weighted by Crippen LogP contribution is 2.23. The number of hydrogen-bond acceptors (Lipinski definition) is 2. The molecule has 2 rings (SSSR count). The summed E-state index contributed by atoms with van der Waals surface area (Å²) in [6.07, 6.45) is 2.83. The lowest BCUT2D eigenvalue weighted by Crippen LogP contribution is -2.44. The lowest BCUT2D eigenvalue weighted by molar-refractivity contribution is -0.122. The molecule has 1 amide bonds. The third-order valence-corrected chi connectivity index (χ3v) is 4.16. The molecule has 1 aromatic carbocycles. The van der Waals surface area contributed by atoms with Crippen LogP contribution in [0.15, 0.2) is 24.4 Å². The van der Waals surface area contributed by atoms with Crippen molar-refractivity contribution in [3.8, 4) is 0 Å². The van der Waals surface area contributed by atoms with Crippen LogP contribution < -0.4 is 5.32 Å². The van der Waals surface area contributed by atoms with Crippen molar-refractivity contribution in [2.24, 2.45) is 5.41 Å². The van der Waals surface area contributed by atoms with Crippen molar-refractivity contribution in [3.63, 3.8) is 0 Å². The van der Waals surface area contributed by atoms with E-state index in [1.54, 1.807) is 0 Å². The van der Waals surface area contributed by atoms with Crippen molar-refractivity contribution in [1.82, 2.24) is 10.3 Å². The van der Waals surface area contributed by atoms with Gasteiger partial charge in [0.2, 0.25) is 5.91 Å². The maximum Gasteiger partial charge on any atom is 0.224 e. The molecular formula is C18H26N2O2. The highest BCUT2D eigenvalue weighted by molar-refractivity contribution is 5.90. The number of hydrogen-bond donors (Lipinski definition) is 3. The molecule has 1 heterocycles. The number of aromatic nitrogens is 1. The fourth-order valence-corrected chi connectivity index (χ4v) is 2.78. The fourth-order valence-electron chi connectivity index (χ4n) is 2.78. The summed E-state index contributed by atoms with van der Waals surface area (Å²) in [4.78, 5) is 15.6. The molecule has 4 nitrogen and oxygen atoms in total. The minimum absolute atomic E-state index is 0.00391. The van der Waals surface area contributed by atoms with Gasteiger partial charge in [-0.3, -0.25) is 4.79 Å². The lowest BCUT2D eigenvalue weighted by Gasteiger charge is -2.31. The monoisotopic (exact) mass is 302 g/mol. The van der Waals surface area contributed by atoms with Gasteiger partial charge in [-0.2, -0.15) is 0 Å². The first-order chi connectivity index (χ1) is 10.3. The first-order valence-electron chi connectivity index (χ1n) is 7.78. The predicted octanol–water partition coefficient (Wildman–Crippen LogP) is 2.93. The number of carbonyl (C=O) groups excluding carboxylic acids is 1. The third-order valence-electron chi connectivity index (χ3n) is 4.16. The molecule has 120 valence electrons. The van der Waals surface area contributed by atoms with Gasteiger partial charge in [0.25, 0.3) is 0 Å². The van der Waals surface area contributed by atoms with Gasteiger partial charge in [-0.25, -0.2) is 0 Å². The molecule has 4 heteroatoms. The van der Waals surface area contributed by atoms with Gasteiger partial charge >= 0.3 is 0 Å². The maximum atomic E-state index is 12.4. The van der Waals surface area contributed by atoms with Gasteiger partial charge in [0.1, 0.15) is 0 Å². The summed E-state index contributed by atoms with van der Waals surface area (Å²) in [6.45, 7) is 8.35. The van der Waals surface area contributed by atoms with E-state index < -0.39 is 0 Å². The average Bonchev–Trinajstić information content (AvgIpc) is 2.82. The molecule has 0 aliphatic heterocycles. The maximum absolute atomic E-state index is 12.4. The molecule has 0 aliphatic rings. The van der Waals surface area contributed by atoms with Crippen molar-refractivity contribution in [2.45, 2.75) is 46.6 Å². The molecule has 2 aromatic rings. The van der Waals surface area contributed by atoms with E-state index in [1.165, 1.54) is 5.56 Å². The number of amides is 1. The lowest BCUT2D eigenvalue weighted by atomic mass is 9.85. The van der Waals surface area contributed by atoms with Crippen molar-refractivity contribution in [2.75, 3.05) is 6.61 Å². The average molecular weight is 302 g/mol. The number of nitrogens with one attached hydrogen (secondary N) is 2. The van der Waals surface area contributed by atoms with Crippen LogP contribution in [-0.4, -0.2) is 28.6 Å². The number of aliphatic hydroxyl groups excluding tert-OH is 1. The third kappa shape index (κ3) is 3.69. The zero-order valence-corrected chi connectivity index (χ0v) is 13.9. The second-order valence-electron chi connectivity index (χ2n) is 6.99. The summed E-state index contributed by atoms with van der Waals surface area (Å²) in [6, 6.07) is 6.07. The van der Waals surface area contributed by atoms with Crippen molar-refractivity contribution >= 4 is 16.8 Å². The molecule has 0 saturated carbocycles. The quantitative estimate of drug-likeness (QED) is 0.795. The van der Waals surface area contributed by atoms with Gasteiger partial charge in [-0.05, 0) is 29.9 Å². The second-order valence-corrected chi connectivity index (χ2v) is 6.99. The molecule has 0 fully saturated rings. The smallest absolute Gasteiger partial charge is 0.224 e. The van der Waals surface area contributed by atoms with Crippen LogP contribution >= 0.6 is 0 Å². The van der Waals surface area contributed by atoms with Gasteiger partial charge in [-0.15, -0.1) is 0 Å². The van der Waals surface area contributed by atoms with Crippen LogP contribution in [0.2, 0.25) is 0 Å². The van der Waals surface area contributed by atoms with E-state index >= 15 is 0 Å². The molecule has 1 aromatic heterocycles. The highest BCUT2D eigenvalue weighted by atomic mass is 16.3. The van der Waals surface area contributed by atoms with Crippen molar-refractivity contribution < 1.29 is 9.90 Å². The molecule has 0 radical (unpaired) electrons. The van der Waals surface area contributed by atoms with E-state index in [0.29, 0.717) is 12.8 Å². The Labute approximate surface area is 131 Å². The van der Waals surface area contributed by atoms with E-state index in [9.17, 15) is 9.90 Å². The van der Waals surface area contributed by atoms with E-state index in [2.05, 4.69) is 44.1 Å². The Morgan fingerprint density at radius 1 is 1.36 bits per heavy atom. The first kappa shape index (κ1) is 16.6. The number of aliphatic hydroxyl groups is 1. The minimum Gasteiger partial charge on any atom is -0.396 e. The number of aryl methyl sites for hydroxylation is 1. The summed E-state index contributed by atoms with van der Waals surface area (Å²) >= 11 is 0. The van der Waals surface area contributed by atoms with Crippen LogP contribution in [0.1, 0.15) is 38.3 Å². The van der Waals surface area contributed by atoms with Gasteiger partial charge in [0.05, 0.1) is 6.42 Å². The molecule has 3 N–H and O–H groups in total. The second kappa shape index (κ2) is 6.53. The Bertz CT molecular complexity index is 653. The molecule has 0 aliphatic carbocycles. The van der Waals surface area contributed by atoms with E-state index in [-0.39, 0.29) is 24.0 Å². The molecule has 1 unspecified atom stereocenters. The first-order valence-corrected chi connectivity index (χ1v) is 7.78. The van der Waals surface area contributed by atoms with Crippen LogP contribution in [0.4, 0.5) is 0 Å². The van der Waals surface area contributed by atoms with Crippen molar-refractivity contribution in [1.29, 1.82) is 0 Å².